The molecular weight excluding hydrogens is 368 g/mol. The van der Waals surface area contributed by atoms with Crippen LogP contribution in [0.3, 0.4) is 0 Å². The average molecular weight is 392 g/mol. The van der Waals surface area contributed by atoms with E-state index in [1.165, 1.54) is 6.42 Å². The lowest BCUT2D eigenvalue weighted by Gasteiger charge is -2.23. The molecule has 29 heavy (non-hydrogen) atoms. The molecule has 4 aromatic heterocycles. The van der Waals surface area contributed by atoms with E-state index < -0.39 is 0 Å². The first-order chi connectivity index (χ1) is 14.2. The standard InChI is InChI=1S/C21H24N6O2/c1-25-18-12-22-17-8-7-16(14-11-23-26(13-14)9-10-28)24-19(17)20(18)27(21(25)29)15-5-3-2-4-6-15/h7-8,11-13,15,28H,2-6,9-10H2,1H3. The zero-order valence-electron chi connectivity index (χ0n) is 16.5. The van der Waals surface area contributed by atoms with E-state index in [-0.39, 0.29) is 18.3 Å². The van der Waals surface area contributed by atoms with Crippen LogP contribution in [0.4, 0.5) is 0 Å². The van der Waals surface area contributed by atoms with Gasteiger partial charge in [-0.2, -0.15) is 5.10 Å². The normalized spacial score (nSPS) is 15.5. The quantitative estimate of drug-likeness (QED) is 0.577. The van der Waals surface area contributed by atoms with Crippen molar-refractivity contribution in [3.8, 4) is 11.3 Å². The van der Waals surface area contributed by atoms with Crippen molar-refractivity contribution in [1.82, 2.24) is 28.9 Å². The van der Waals surface area contributed by atoms with E-state index in [4.69, 9.17) is 10.1 Å². The largest absolute Gasteiger partial charge is 0.394 e. The van der Waals surface area contributed by atoms with Gasteiger partial charge in [-0.1, -0.05) is 19.3 Å². The van der Waals surface area contributed by atoms with Gasteiger partial charge in [0.05, 0.1) is 47.8 Å². The predicted molar refractivity (Wildman–Crippen MR) is 111 cm³/mol. The van der Waals surface area contributed by atoms with Gasteiger partial charge in [0.25, 0.3) is 0 Å². The molecule has 1 fully saturated rings. The number of nitrogens with zero attached hydrogens (tertiary/aromatic N) is 6. The molecule has 1 aliphatic rings. The zero-order valence-corrected chi connectivity index (χ0v) is 16.5. The Morgan fingerprint density at radius 3 is 2.79 bits per heavy atom. The fourth-order valence-electron chi connectivity index (χ4n) is 4.45. The van der Waals surface area contributed by atoms with Crippen LogP contribution in [0.2, 0.25) is 0 Å². The van der Waals surface area contributed by atoms with Crippen molar-refractivity contribution < 1.29 is 5.11 Å². The third-order valence-electron chi connectivity index (χ3n) is 5.96. The van der Waals surface area contributed by atoms with Gasteiger partial charge in [0.1, 0.15) is 5.52 Å². The number of pyridine rings is 2. The molecule has 0 aromatic carbocycles. The van der Waals surface area contributed by atoms with Gasteiger partial charge in [-0.15, -0.1) is 0 Å². The number of aliphatic hydroxyl groups is 1. The summed E-state index contributed by atoms with van der Waals surface area (Å²) in [4.78, 5) is 22.6. The van der Waals surface area contributed by atoms with E-state index in [9.17, 15) is 4.79 Å². The highest BCUT2D eigenvalue weighted by atomic mass is 16.3. The minimum Gasteiger partial charge on any atom is -0.394 e. The molecule has 0 atom stereocenters. The first kappa shape index (κ1) is 18.1. The van der Waals surface area contributed by atoms with Crippen molar-refractivity contribution in [3.63, 3.8) is 0 Å². The maximum Gasteiger partial charge on any atom is 0.329 e. The Balaban J connectivity index is 1.73. The molecule has 0 bridgehead atoms. The van der Waals surface area contributed by atoms with Crippen LogP contribution < -0.4 is 5.69 Å². The first-order valence-corrected chi connectivity index (χ1v) is 10.2. The van der Waals surface area contributed by atoms with Crippen LogP contribution in [0.15, 0.2) is 35.5 Å². The fourth-order valence-corrected chi connectivity index (χ4v) is 4.45. The van der Waals surface area contributed by atoms with Crippen LogP contribution >= 0.6 is 0 Å². The maximum absolute atomic E-state index is 13.1. The van der Waals surface area contributed by atoms with Gasteiger partial charge < -0.3 is 5.11 Å². The summed E-state index contributed by atoms with van der Waals surface area (Å²) in [6, 6.07) is 4.08. The minimum atomic E-state index is 0.00386. The highest BCUT2D eigenvalue weighted by molar-refractivity contribution is 6.00. The summed E-state index contributed by atoms with van der Waals surface area (Å²) in [5, 5.41) is 13.4. The molecule has 8 nitrogen and oxygen atoms in total. The lowest BCUT2D eigenvalue weighted by Crippen LogP contribution is -2.27. The van der Waals surface area contributed by atoms with Crippen LogP contribution in [0.5, 0.6) is 0 Å². The van der Waals surface area contributed by atoms with Gasteiger partial charge in [0.15, 0.2) is 0 Å². The fraction of sp³-hybridized carbons (Fsp3) is 0.429. The summed E-state index contributed by atoms with van der Waals surface area (Å²) in [6.45, 7) is 0.480. The van der Waals surface area contributed by atoms with Crippen molar-refractivity contribution in [2.24, 2.45) is 7.05 Å². The Morgan fingerprint density at radius 2 is 2.00 bits per heavy atom. The molecule has 150 valence electrons. The Kier molecular flexibility index (Phi) is 4.43. The number of fused-ring (bicyclic) bond motifs is 3. The molecule has 1 saturated carbocycles. The number of imidazole rings is 1. The Bertz CT molecular complexity index is 1250. The SMILES string of the molecule is Cn1c(=O)n(C2CCCCC2)c2c3nc(-c4cnn(CCO)c4)ccc3ncc21. The molecule has 8 heteroatoms. The molecule has 0 radical (unpaired) electrons. The molecule has 5 rings (SSSR count). The van der Waals surface area contributed by atoms with Gasteiger partial charge in [-0.25, -0.2) is 9.78 Å². The van der Waals surface area contributed by atoms with Crippen LogP contribution in [0.1, 0.15) is 38.1 Å². The lowest BCUT2D eigenvalue weighted by atomic mass is 9.95. The second kappa shape index (κ2) is 7.11. The van der Waals surface area contributed by atoms with Crippen molar-refractivity contribution in [3.05, 3.63) is 41.2 Å². The summed E-state index contributed by atoms with van der Waals surface area (Å²) in [6.07, 6.45) is 11.0. The topological polar surface area (TPSA) is 90.8 Å². The number of aromatic nitrogens is 6. The van der Waals surface area contributed by atoms with Crippen molar-refractivity contribution in [2.75, 3.05) is 6.61 Å². The summed E-state index contributed by atoms with van der Waals surface area (Å²) >= 11 is 0. The second-order valence-corrected chi connectivity index (χ2v) is 7.78. The summed E-state index contributed by atoms with van der Waals surface area (Å²) in [5.74, 6) is 0. The zero-order chi connectivity index (χ0) is 20.0. The third kappa shape index (κ3) is 2.95. The van der Waals surface area contributed by atoms with E-state index in [0.717, 1.165) is 59.0 Å². The molecule has 0 amide bonds. The van der Waals surface area contributed by atoms with Gasteiger partial charge in [0.2, 0.25) is 0 Å². The van der Waals surface area contributed by atoms with Crippen molar-refractivity contribution in [1.29, 1.82) is 0 Å². The molecule has 4 aromatic rings. The predicted octanol–water partition coefficient (Wildman–Crippen LogP) is 2.64. The molecule has 0 saturated heterocycles. The van der Waals surface area contributed by atoms with Crippen molar-refractivity contribution in [2.45, 2.75) is 44.7 Å². The first-order valence-electron chi connectivity index (χ1n) is 10.2. The number of hydrogen-bond donors (Lipinski definition) is 1. The van der Waals surface area contributed by atoms with Crippen molar-refractivity contribution >= 4 is 22.1 Å². The summed E-state index contributed by atoms with van der Waals surface area (Å²) in [5.41, 5.74) is 4.87. The average Bonchev–Trinajstić information content (AvgIpc) is 3.32. The maximum atomic E-state index is 13.1. The molecule has 0 unspecified atom stereocenters. The number of hydrogen-bond acceptors (Lipinski definition) is 5. The number of rotatable bonds is 4. The molecular formula is C21H24N6O2. The minimum absolute atomic E-state index is 0.00386. The molecule has 0 spiro atoms. The number of aliphatic hydroxyl groups excluding tert-OH is 1. The molecule has 1 aliphatic carbocycles. The summed E-state index contributed by atoms with van der Waals surface area (Å²) < 4.78 is 5.33. The molecule has 1 N–H and O–H groups in total. The molecule has 4 heterocycles. The highest BCUT2D eigenvalue weighted by Crippen LogP contribution is 2.32. The van der Waals surface area contributed by atoms with Crippen LogP contribution in [-0.4, -0.2) is 40.6 Å². The monoisotopic (exact) mass is 392 g/mol. The van der Waals surface area contributed by atoms with Crippen LogP contribution in [0.25, 0.3) is 33.3 Å². The van der Waals surface area contributed by atoms with E-state index in [2.05, 4.69) is 10.1 Å². The Labute approximate surface area is 167 Å². The Morgan fingerprint density at radius 1 is 1.17 bits per heavy atom. The lowest BCUT2D eigenvalue weighted by molar-refractivity contribution is 0.269. The highest BCUT2D eigenvalue weighted by Gasteiger charge is 2.24. The van der Waals surface area contributed by atoms with E-state index >= 15 is 0 Å². The molecule has 0 aliphatic heterocycles. The second-order valence-electron chi connectivity index (χ2n) is 7.78. The Hall–Kier alpha value is -3.00. The van der Waals surface area contributed by atoms with Crippen LogP contribution in [0, 0.1) is 0 Å². The third-order valence-corrected chi connectivity index (χ3v) is 5.96. The van der Waals surface area contributed by atoms with E-state index in [0.29, 0.717) is 6.54 Å². The van der Waals surface area contributed by atoms with E-state index in [1.807, 2.05) is 22.9 Å². The van der Waals surface area contributed by atoms with Gasteiger partial charge >= 0.3 is 5.69 Å². The smallest absolute Gasteiger partial charge is 0.329 e. The van der Waals surface area contributed by atoms with Gasteiger partial charge in [0, 0.05) is 24.8 Å². The van der Waals surface area contributed by atoms with Gasteiger partial charge in [-0.3, -0.25) is 18.8 Å². The summed E-state index contributed by atoms with van der Waals surface area (Å²) in [7, 11) is 1.81. The number of aryl methyl sites for hydroxylation is 1. The van der Waals surface area contributed by atoms with E-state index in [1.54, 1.807) is 28.7 Å². The van der Waals surface area contributed by atoms with Gasteiger partial charge in [-0.05, 0) is 25.0 Å². The van der Waals surface area contributed by atoms with Crippen LogP contribution in [-0.2, 0) is 13.6 Å².